The molecule has 0 aliphatic rings. The van der Waals surface area contributed by atoms with Crippen LogP contribution < -0.4 is 5.56 Å². The molecule has 76 valence electrons. The first-order valence-corrected chi connectivity index (χ1v) is 4.54. The van der Waals surface area contributed by atoms with Crippen LogP contribution in [0.1, 0.15) is 12.5 Å². The molecule has 0 fully saturated rings. The lowest BCUT2D eigenvalue weighted by molar-refractivity contribution is -0.142. The Morgan fingerprint density at radius 2 is 2.29 bits per heavy atom. The number of aromatic amines is 1. The SMILES string of the molecule is CCOC(=O)Cc1ccc(=O)[nH]c1Cl. The Morgan fingerprint density at radius 3 is 2.86 bits per heavy atom. The number of carbonyl (C=O) groups is 1. The Morgan fingerprint density at radius 1 is 1.57 bits per heavy atom. The summed E-state index contributed by atoms with van der Waals surface area (Å²) >= 11 is 5.71. The molecule has 4 nitrogen and oxygen atoms in total. The minimum absolute atomic E-state index is 0.0729. The molecule has 1 aromatic heterocycles. The van der Waals surface area contributed by atoms with Crippen LogP contribution in [0.15, 0.2) is 16.9 Å². The zero-order chi connectivity index (χ0) is 10.6. The summed E-state index contributed by atoms with van der Waals surface area (Å²) in [6, 6.07) is 2.83. The number of hydrogen-bond donors (Lipinski definition) is 1. The number of rotatable bonds is 3. The van der Waals surface area contributed by atoms with Gasteiger partial charge in [-0.2, -0.15) is 0 Å². The number of esters is 1. The lowest BCUT2D eigenvalue weighted by Crippen LogP contribution is -2.11. The van der Waals surface area contributed by atoms with Crippen LogP contribution in [0.2, 0.25) is 5.15 Å². The van der Waals surface area contributed by atoms with Crippen LogP contribution >= 0.6 is 11.6 Å². The summed E-state index contributed by atoms with van der Waals surface area (Å²) in [6.07, 6.45) is 0.0729. The second kappa shape index (κ2) is 4.81. The molecule has 1 rings (SSSR count). The quantitative estimate of drug-likeness (QED) is 0.608. The molecule has 14 heavy (non-hydrogen) atoms. The summed E-state index contributed by atoms with van der Waals surface area (Å²) in [5, 5.41) is 0.186. The average Bonchev–Trinajstić information content (AvgIpc) is 2.10. The van der Waals surface area contributed by atoms with Gasteiger partial charge in [-0.1, -0.05) is 11.6 Å². The number of H-pyrrole nitrogens is 1. The number of nitrogens with one attached hydrogen (secondary N) is 1. The summed E-state index contributed by atoms with van der Waals surface area (Å²) in [5.41, 5.74) is 0.271. The number of pyridine rings is 1. The Kier molecular flexibility index (Phi) is 3.71. The molecule has 0 saturated carbocycles. The number of aromatic nitrogens is 1. The van der Waals surface area contributed by atoms with Crippen LogP contribution in [0.4, 0.5) is 0 Å². The van der Waals surface area contributed by atoms with Crippen molar-refractivity contribution >= 4 is 17.6 Å². The molecule has 1 heterocycles. The molecule has 0 spiro atoms. The highest BCUT2D eigenvalue weighted by Gasteiger charge is 2.07. The molecule has 0 amide bonds. The molecule has 0 saturated heterocycles. The van der Waals surface area contributed by atoms with E-state index in [9.17, 15) is 9.59 Å². The van der Waals surface area contributed by atoms with Gasteiger partial charge < -0.3 is 9.72 Å². The van der Waals surface area contributed by atoms with Gasteiger partial charge in [-0.3, -0.25) is 9.59 Å². The number of carbonyl (C=O) groups excluding carboxylic acids is 1. The van der Waals surface area contributed by atoms with Crippen molar-refractivity contribution < 1.29 is 9.53 Å². The predicted octanol–water partition coefficient (Wildman–Crippen LogP) is 1.13. The van der Waals surface area contributed by atoms with Crippen LogP contribution in [-0.2, 0) is 16.0 Å². The van der Waals surface area contributed by atoms with E-state index < -0.39 is 0 Å². The summed E-state index contributed by atoms with van der Waals surface area (Å²) < 4.78 is 4.74. The van der Waals surface area contributed by atoms with Gasteiger partial charge in [-0.25, -0.2) is 0 Å². The molecule has 0 aliphatic heterocycles. The van der Waals surface area contributed by atoms with Gasteiger partial charge in [-0.15, -0.1) is 0 Å². The van der Waals surface area contributed by atoms with Crippen LogP contribution in [0.25, 0.3) is 0 Å². The second-order valence-electron chi connectivity index (χ2n) is 2.64. The number of halogens is 1. The Balaban J connectivity index is 2.77. The van der Waals surface area contributed by atoms with Crippen LogP contribution in [0.5, 0.6) is 0 Å². The van der Waals surface area contributed by atoms with Gasteiger partial charge in [0.05, 0.1) is 13.0 Å². The Labute approximate surface area is 85.9 Å². The van der Waals surface area contributed by atoms with Crippen LogP contribution in [0, 0.1) is 0 Å². The third kappa shape index (κ3) is 2.88. The van der Waals surface area contributed by atoms with E-state index in [0.29, 0.717) is 12.2 Å². The maximum Gasteiger partial charge on any atom is 0.310 e. The molecule has 0 atom stereocenters. The minimum Gasteiger partial charge on any atom is -0.466 e. The van der Waals surface area contributed by atoms with Gasteiger partial charge in [0.25, 0.3) is 0 Å². The Bertz CT molecular complexity index is 386. The highest BCUT2D eigenvalue weighted by Crippen LogP contribution is 2.10. The van der Waals surface area contributed by atoms with Crippen molar-refractivity contribution in [3.05, 3.63) is 33.2 Å². The molecule has 0 unspecified atom stereocenters. The van der Waals surface area contributed by atoms with E-state index in [1.165, 1.54) is 12.1 Å². The van der Waals surface area contributed by atoms with Crippen molar-refractivity contribution in [1.29, 1.82) is 0 Å². The zero-order valence-corrected chi connectivity index (χ0v) is 8.43. The largest absolute Gasteiger partial charge is 0.466 e. The van der Waals surface area contributed by atoms with Gasteiger partial charge in [0.1, 0.15) is 5.15 Å². The fourth-order valence-electron chi connectivity index (χ4n) is 0.984. The fourth-order valence-corrected chi connectivity index (χ4v) is 1.21. The van der Waals surface area contributed by atoms with E-state index in [1.54, 1.807) is 6.92 Å². The molecule has 0 bridgehead atoms. The molecule has 5 heteroatoms. The minimum atomic E-state index is -0.360. The number of hydrogen-bond acceptors (Lipinski definition) is 3. The van der Waals surface area contributed by atoms with Gasteiger partial charge in [-0.05, 0) is 18.6 Å². The maximum absolute atomic E-state index is 11.1. The van der Waals surface area contributed by atoms with Gasteiger partial charge in [0.2, 0.25) is 5.56 Å². The summed E-state index contributed by atoms with van der Waals surface area (Å²) in [6.45, 7) is 2.06. The molecule has 0 aromatic carbocycles. The maximum atomic E-state index is 11.1. The van der Waals surface area contributed by atoms with Crippen molar-refractivity contribution in [3.63, 3.8) is 0 Å². The third-order valence-electron chi connectivity index (χ3n) is 1.59. The molecule has 1 aromatic rings. The normalized spacial score (nSPS) is 9.86. The van der Waals surface area contributed by atoms with Gasteiger partial charge >= 0.3 is 5.97 Å². The first kappa shape index (κ1) is 10.8. The van der Waals surface area contributed by atoms with Crippen molar-refractivity contribution in [3.8, 4) is 0 Å². The van der Waals surface area contributed by atoms with E-state index in [1.807, 2.05) is 0 Å². The summed E-state index contributed by atoms with van der Waals surface area (Å²) in [4.78, 5) is 24.3. The van der Waals surface area contributed by atoms with Crippen molar-refractivity contribution in [1.82, 2.24) is 4.98 Å². The van der Waals surface area contributed by atoms with Crippen LogP contribution in [0.3, 0.4) is 0 Å². The Hall–Kier alpha value is -1.29. The zero-order valence-electron chi connectivity index (χ0n) is 7.67. The first-order chi connectivity index (χ1) is 6.63. The second-order valence-corrected chi connectivity index (χ2v) is 3.02. The van der Waals surface area contributed by atoms with E-state index in [4.69, 9.17) is 16.3 Å². The van der Waals surface area contributed by atoms with Crippen molar-refractivity contribution in [2.75, 3.05) is 6.61 Å². The molecular formula is C9H10ClNO3. The molecular weight excluding hydrogens is 206 g/mol. The lowest BCUT2D eigenvalue weighted by atomic mass is 10.2. The summed E-state index contributed by atoms with van der Waals surface area (Å²) in [5.74, 6) is -0.360. The van der Waals surface area contributed by atoms with E-state index in [2.05, 4.69) is 4.98 Å². The van der Waals surface area contributed by atoms with E-state index in [-0.39, 0.29) is 23.1 Å². The highest BCUT2D eigenvalue weighted by molar-refractivity contribution is 6.30. The number of ether oxygens (including phenoxy) is 1. The highest BCUT2D eigenvalue weighted by atomic mass is 35.5. The molecule has 1 N–H and O–H groups in total. The summed E-state index contributed by atoms with van der Waals surface area (Å²) in [7, 11) is 0. The molecule has 0 radical (unpaired) electrons. The van der Waals surface area contributed by atoms with Gasteiger partial charge in [0.15, 0.2) is 0 Å². The lowest BCUT2D eigenvalue weighted by Gasteiger charge is -2.02. The van der Waals surface area contributed by atoms with Gasteiger partial charge in [0, 0.05) is 6.07 Å². The average molecular weight is 216 g/mol. The predicted molar refractivity (Wildman–Crippen MR) is 52.4 cm³/mol. The first-order valence-electron chi connectivity index (χ1n) is 4.16. The third-order valence-corrected chi connectivity index (χ3v) is 1.93. The molecule has 0 aliphatic carbocycles. The monoisotopic (exact) mass is 215 g/mol. The van der Waals surface area contributed by atoms with Crippen molar-refractivity contribution in [2.45, 2.75) is 13.3 Å². The fraction of sp³-hybridized carbons (Fsp3) is 0.333. The van der Waals surface area contributed by atoms with Crippen LogP contribution in [-0.4, -0.2) is 17.6 Å². The standard InChI is InChI=1S/C9H10ClNO3/c1-2-14-8(13)5-6-3-4-7(12)11-9(6)10/h3-4H,2,5H2,1H3,(H,11,12). The van der Waals surface area contributed by atoms with E-state index >= 15 is 0 Å². The topological polar surface area (TPSA) is 59.2 Å². The van der Waals surface area contributed by atoms with E-state index in [0.717, 1.165) is 0 Å². The van der Waals surface area contributed by atoms with Crippen molar-refractivity contribution in [2.24, 2.45) is 0 Å². The smallest absolute Gasteiger partial charge is 0.310 e.